The molecule has 3 N–H and O–H groups in total. The number of benzene rings is 2. The first-order chi connectivity index (χ1) is 9.51. The van der Waals surface area contributed by atoms with Gasteiger partial charge < -0.3 is 15.8 Å². The van der Waals surface area contributed by atoms with Gasteiger partial charge in [-0.1, -0.05) is 17.7 Å². The molecule has 0 aliphatic carbocycles. The number of amides is 1. The molecule has 0 atom stereocenters. The number of ether oxygens (including phenoxy) is 1. The molecule has 0 aromatic heterocycles. The molecule has 0 bridgehead atoms. The summed E-state index contributed by atoms with van der Waals surface area (Å²) in [5.41, 5.74) is 8.51. The topological polar surface area (TPSA) is 64.3 Å². The van der Waals surface area contributed by atoms with E-state index in [2.05, 4.69) is 5.32 Å². The fourth-order valence-corrected chi connectivity index (χ4v) is 1.99. The quantitative estimate of drug-likeness (QED) is 0.851. The van der Waals surface area contributed by atoms with Crippen LogP contribution < -0.4 is 15.8 Å². The predicted molar refractivity (Wildman–Crippen MR) is 81.5 cm³/mol. The van der Waals surface area contributed by atoms with E-state index >= 15 is 0 Å². The Kier molecular flexibility index (Phi) is 4.15. The molecule has 0 fully saturated rings. The molecule has 0 heterocycles. The number of halogens is 1. The smallest absolute Gasteiger partial charge is 0.255 e. The Morgan fingerprint density at radius 1 is 1.25 bits per heavy atom. The van der Waals surface area contributed by atoms with Crippen LogP contribution in [-0.2, 0) is 0 Å². The molecule has 2 aromatic carbocycles. The Morgan fingerprint density at radius 3 is 2.60 bits per heavy atom. The third kappa shape index (κ3) is 3.03. The van der Waals surface area contributed by atoms with Crippen LogP contribution in [0.4, 0.5) is 11.4 Å². The van der Waals surface area contributed by atoms with Crippen LogP contribution in [0.15, 0.2) is 36.4 Å². The molecule has 20 heavy (non-hydrogen) atoms. The molecule has 0 radical (unpaired) electrons. The number of nitrogens with one attached hydrogen (secondary N) is 1. The van der Waals surface area contributed by atoms with Gasteiger partial charge in [0.2, 0.25) is 0 Å². The molecule has 104 valence electrons. The van der Waals surface area contributed by atoms with Crippen molar-refractivity contribution in [2.45, 2.75) is 6.92 Å². The van der Waals surface area contributed by atoms with Gasteiger partial charge in [-0.25, -0.2) is 0 Å². The van der Waals surface area contributed by atoms with E-state index in [0.717, 1.165) is 5.56 Å². The predicted octanol–water partition coefficient (Wildman–Crippen LogP) is 3.49. The summed E-state index contributed by atoms with van der Waals surface area (Å²) in [6.45, 7) is 1.91. The Labute approximate surface area is 122 Å². The normalized spacial score (nSPS) is 10.2. The second kappa shape index (κ2) is 5.84. The summed E-state index contributed by atoms with van der Waals surface area (Å²) in [5.74, 6) is 0.278. The summed E-state index contributed by atoms with van der Waals surface area (Å²) in [6, 6.07) is 10.2. The van der Waals surface area contributed by atoms with E-state index in [9.17, 15) is 4.79 Å². The molecular formula is C15H15ClN2O2. The number of hydrogen-bond acceptors (Lipinski definition) is 3. The van der Waals surface area contributed by atoms with Gasteiger partial charge in [-0.3, -0.25) is 4.79 Å². The molecule has 0 saturated heterocycles. The third-order valence-corrected chi connectivity index (χ3v) is 3.25. The maximum Gasteiger partial charge on any atom is 0.255 e. The summed E-state index contributed by atoms with van der Waals surface area (Å²) in [7, 11) is 1.52. The second-order valence-electron chi connectivity index (χ2n) is 4.37. The van der Waals surface area contributed by atoms with Crippen molar-refractivity contribution in [1.82, 2.24) is 0 Å². The van der Waals surface area contributed by atoms with Gasteiger partial charge >= 0.3 is 0 Å². The van der Waals surface area contributed by atoms with Gasteiger partial charge in [-0.05, 0) is 42.8 Å². The zero-order valence-electron chi connectivity index (χ0n) is 11.2. The minimum absolute atomic E-state index is 0.252. The first kappa shape index (κ1) is 14.2. The molecule has 1 amide bonds. The van der Waals surface area contributed by atoms with Crippen molar-refractivity contribution >= 4 is 28.9 Å². The number of nitrogen functional groups attached to an aromatic ring is 1. The zero-order chi connectivity index (χ0) is 14.7. The van der Waals surface area contributed by atoms with Gasteiger partial charge in [0, 0.05) is 16.9 Å². The van der Waals surface area contributed by atoms with E-state index in [1.807, 2.05) is 13.0 Å². The van der Waals surface area contributed by atoms with Crippen molar-refractivity contribution in [3.8, 4) is 5.75 Å². The lowest BCUT2D eigenvalue weighted by Gasteiger charge is -2.09. The summed E-state index contributed by atoms with van der Waals surface area (Å²) in [5, 5.41) is 3.16. The lowest BCUT2D eigenvalue weighted by atomic mass is 10.1. The maximum atomic E-state index is 12.1. The summed E-state index contributed by atoms with van der Waals surface area (Å²) >= 11 is 6.00. The number of carbonyl (C=O) groups is 1. The average Bonchev–Trinajstić information content (AvgIpc) is 2.42. The Hall–Kier alpha value is -2.20. The highest BCUT2D eigenvalue weighted by molar-refractivity contribution is 6.32. The van der Waals surface area contributed by atoms with E-state index in [1.165, 1.54) is 7.11 Å². The lowest BCUT2D eigenvalue weighted by molar-refractivity contribution is 0.102. The monoisotopic (exact) mass is 290 g/mol. The summed E-state index contributed by atoms with van der Waals surface area (Å²) in [4.78, 5) is 12.1. The van der Waals surface area contributed by atoms with Crippen molar-refractivity contribution < 1.29 is 9.53 Å². The number of anilines is 2. The Morgan fingerprint density at radius 2 is 2.00 bits per heavy atom. The summed E-state index contributed by atoms with van der Waals surface area (Å²) < 4.78 is 5.05. The SMILES string of the molecule is COc1ccc(C(=O)Nc2ccc(C)c(N)c2)cc1Cl. The standard InChI is InChI=1S/C15H15ClN2O2/c1-9-3-5-11(8-13(9)17)18-15(19)10-4-6-14(20-2)12(16)7-10/h3-8H,17H2,1-2H3,(H,18,19). The highest BCUT2D eigenvalue weighted by Gasteiger charge is 2.09. The second-order valence-corrected chi connectivity index (χ2v) is 4.78. The van der Waals surface area contributed by atoms with Crippen molar-refractivity contribution in [1.29, 1.82) is 0 Å². The molecule has 4 nitrogen and oxygen atoms in total. The lowest BCUT2D eigenvalue weighted by Crippen LogP contribution is -2.12. The van der Waals surface area contributed by atoms with Crippen molar-refractivity contribution in [3.63, 3.8) is 0 Å². The van der Waals surface area contributed by atoms with Crippen molar-refractivity contribution in [3.05, 3.63) is 52.5 Å². The van der Waals surface area contributed by atoms with Crippen LogP contribution in [-0.4, -0.2) is 13.0 Å². The van der Waals surface area contributed by atoms with Crippen LogP contribution in [0.2, 0.25) is 5.02 Å². The molecule has 2 rings (SSSR count). The third-order valence-electron chi connectivity index (χ3n) is 2.95. The van der Waals surface area contributed by atoms with E-state index in [4.69, 9.17) is 22.1 Å². The molecule has 5 heteroatoms. The minimum atomic E-state index is -0.252. The number of aryl methyl sites for hydroxylation is 1. The van der Waals surface area contributed by atoms with E-state index < -0.39 is 0 Å². The van der Waals surface area contributed by atoms with Gasteiger partial charge in [0.1, 0.15) is 5.75 Å². The number of rotatable bonds is 3. The fraction of sp³-hybridized carbons (Fsp3) is 0.133. The molecule has 0 saturated carbocycles. The first-order valence-corrected chi connectivity index (χ1v) is 6.40. The van der Waals surface area contributed by atoms with Crippen LogP contribution in [0.3, 0.4) is 0 Å². The van der Waals surface area contributed by atoms with Gasteiger partial charge in [0.15, 0.2) is 0 Å². The maximum absolute atomic E-state index is 12.1. The van der Waals surface area contributed by atoms with Gasteiger partial charge in [0.05, 0.1) is 12.1 Å². The largest absolute Gasteiger partial charge is 0.495 e. The van der Waals surface area contributed by atoms with Gasteiger partial charge in [0.25, 0.3) is 5.91 Å². The molecular weight excluding hydrogens is 276 g/mol. The Balaban J connectivity index is 2.19. The highest BCUT2D eigenvalue weighted by atomic mass is 35.5. The summed E-state index contributed by atoms with van der Waals surface area (Å²) in [6.07, 6.45) is 0. The van der Waals surface area contributed by atoms with Gasteiger partial charge in [-0.2, -0.15) is 0 Å². The van der Waals surface area contributed by atoms with Crippen LogP contribution in [0, 0.1) is 6.92 Å². The van der Waals surface area contributed by atoms with E-state index in [1.54, 1.807) is 30.3 Å². The van der Waals surface area contributed by atoms with Crippen LogP contribution >= 0.6 is 11.6 Å². The first-order valence-electron chi connectivity index (χ1n) is 6.02. The fourth-order valence-electron chi connectivity index (χ4n) is 1.73. The van der Waals surface area contributed by atoms with Crippen molar-refractivity contribution in [2.75, 3.05) is 18.2 Å². The number of nitrogens with two attached hydrogens (primary N) is 1. The Bertz CT molecular complexity index is 656. The van der Waals surface area contributed by atoms with Gasteiger partial charge in [-0.15, -0.1) is 0 Å². The van der Waals surface area contributed by atoms with Crippen LogP contribution in [0.25, 0.3) is 0 Å². The molecule has 0 spiro atoms. The number of hydrogen-bond donors (Lipinski definition) is 2. The molecule has 0 aliphatic heterocycles. The minimum Gasteiger partial charge on any atom is -0.495 e. The zero-order valence-corrected chi connectivity index (χ0v) is 12.0. The van der Waals surface area contributed by atoms with Crippen molar-refractivity contribution in [2.24, 2.45) is 0 Å². The van der Waals surface area contributed by atoms with Crippen LogP contribution in [0.5, 0.6) is 5.75 Å². The molecule has 2 aromatic rings. The number of methoxy groups -OCH3 is 1. The van der Waals surface area contributed by atoms with Crippen LogP contribution in [0.1, 0.15) is 15.9 Å². The molecule has 0 aliphatic rings. The van der Waals surface area contributed by atoms with E-state index in [-0.39, 0.29) is 5.91 Å². The number of carbonyl (C=O) groups excluding carboxylic acids is 1. The van der Waals surface area contributed by atoms with E-state index in [0.29, 0.717) is 27.7 Å². The molecule has 0 unspecified atom stereocenters. The average molecular weight is 291 g/mol. The highest BCUT2D eigenvalue weighted by Crippen LogP contribution is 2.25.